The summed E-state index contributed by atoms with van der Waals surface area (Å²) < 4.78 is 46.8. The van der Waals surface area contributed by atoms with Gasteiger partial charge in [-0.05, 0) is 25.0 Å². The molecule has 2 aliphatic rings. The summed E-state index contributed by atoms with van der Waals surface area (Å²) in [5.41, 5.74) is 0.482. The molecule has 1 N–H and O–H groups in total. The Hall–Kier alpha value is -2.17. The standard InChI is InChI=1S/C20H25F3N4O3/c21-20(22,23)19-24-14-3-1-2-4-15(14)27(19)13-18(29)26-7-5-16(17(28)6-8-26)25-9-11-30-12-10-25/h1-4,16-17,28H,5-13H2/t16-,17-/m0/s1. The number of ether oxygens (including phenoxy) is 1. The number of rotatable bonds is 3. The number of fused-ring (bicyclic) bond motifs is 1. The highest BCUT2D eigenvalue weighted by Gasteiger charge is 2.38. The highest BCUT2D eigenvalue weighted by atomic mass is 19.4. The van der Waals surface area contributed by atoms with Crippen molar-refractivity contribution in [2.45, 2.75) is 37.7 Å². The molecule has 30 heavy (non-hydrogen) atoms. The van der Waals surface area contributed by atoms with Gasteiger partial charge in [0.05, 0.1) is 30.4 Å². The number of likely N-dealkylation sites (tertiary alicyclic amines) is 1. The molecule has 164 valence electrons. The number of morpholine rings is 1. The Labute approximate surface area is 172 Å². The Balaban J connectivity index is 1.50. The molecule has 0 aliphatic carbocycles. The molecule has 1 amide bonds. The number of nitrogens with zero attached hydrogens (tertiary/aromatic N) is 4. The van der Waals surface area contributed by atoms with E-state index in [4.69, 9.17) is 4.74 Å². The molecule has 10 heteroatoms. The van der Waals surface area contributed by atoms with Gasteiger partial charge >= 0.3 is 6.18 Å². The number of aliphatic hydroxyl groups is 1. The van der Waals surface area contributed by atoms with Crippen LogP contribution in [0.4, 0.5) is 13.2 Å². The first-order valence-corrected chi connectivity index (χ1v) is 10.1. The number of alkyl halides is 3. The van der Waals surface area contributed by atoms with E-state index in [0.717, 1.165) is 17.7 Å². The average Bonchev–Trinajstić information content (AvgIpc) is 2.98. The number of amides is 1. The fraction of sp³-hybridized carbons (Fsp3) is 0.600. The van der Waals surface area contributed by atoms with Crippen LogP contribution in [0.25, 0.3) is 11.0 Å². The molecule has 1 aromatic heterocycles. The van der Waals surface area contributed by atoms with Crippen LogP contribution < -0.4 is 0 Å². The van der Waals surface area contributed by atoms with Crippen LogP contribution in [0.15, 0.2) is 24.3 Å². The van der Waals surface area contributed by atoms with Crippen molar-refractivity contribution in [1.29, 1.82) is 0 Å². The monoisotopic (exact) mass is 426 g/mol. The van der Waals surface area contributed by atoms with Gasteiger partial charge in [-0.2, -0.15) is 13.2 Å². The van der Waals surface area contributed by atoms with E-state index in [1.165, 1.54) is 12.1 Å². The molecule has 2 aromatic rings. The molecule has 4 rings (SSSR count). The molecule has 3 heterocycles. The second-order valence-corrected chi connectivity index (χ2v) is 7.75. The Morgan fingerprint density at radius 1 is 1.13 bits per heavy atom. The predicted molar refractivity (Wildman–Crippen MR) is 103 cm³/mol. The third-order valence-electron chi connectivity index (χ3n) is 5.90. The minimum absolute atomic E-state index is 0.0773. The van der Waals surface area contributed by atoms with E-state index in [1.54, 1.807) is 17.0 Å². The largest absolute Gasteiger partial charge is 0.449 e. The first-order valence-electron chi connectivity index (χ1n) is 10.1. The van der Waals surface area contributed by atoms with Crippen molar-refractivity contribution in [3.8, 4) is 0 Å². The number of halogens is 3. The van der Waals surface area contributed by atoms with Gasteiger partial charge in [0.25, 0.3) is 0 Å². The molecule has 0 bridgehead atoms. The van der Waals surface area contributed by atoms with Crippen molar-refractivity contribution in [2.24, 2.45) is 0 Å². The van der Waals surface area contributed by atoms with Gasteiger partial charge < -0.3 is 19.3 Å². The Morgan fingerprint density at radius 2 is 1.83 bits per heavy atom. The van der Waals surface area contributed by atoms with Crippen molar-refractivity contribution in [3.05, 3.63) is 30.1 Å². The number of para-hydroxylation sites is 2. The zero-order valence-electron chi connectivity index (χ0n) is 16.5. The van der Waals surface area contributed by atoms with Crippen molar-refractivity contribution in [1.82, 2.24) is 19.4 Å². The maximum absolute atomic E-state index is 13.5. The summed E-state index contributed by atoms with van der Waals surface area (Å²) in [6, 6.07) is 6.20. The first-order chi connectivity index (χ1) is 14.3. The number of hydrogen-bond donors (Lipinski definition) is 1. The molecular weight excluding hydrogens is 401 g/mol. The molecular formula is C20H25F3N4O3. The quantitative estimate of drug-likeness (QED) is 0.810. The summed E-state index contributed by atoms with van der Waals surface area (Å²) >= 11 is 0. The molecule has 2 saturated heterocycles. The molecule has 2 atom stereocenters. The number of aromatic nitrogens is 2. The zero-order valence-corrected chi connectivity index (χ0v) is 16.5. The minimum Gasteiger partial charge on any atom is -0.391 e. The van der Waals surface area contributed by atoms with E-state index < -0.39 is 30.6 Å². The fourth-order valence-electron chi connectivity index (χ4n) is 4.34. The van der Waals surface area contributed by atoms with Gasteiger partial charge in [-0.1, -0.05) is 12.1 Å². The summed E-state index contributed by atoms with van der Waals surface area (Å²) in [6.07, 6.45) is -4.27. The van der Waals surface area contributed by atoms with Crippen LogP contribution in [0.2, 0.25) is 0 Å². The number of carbonyl (C=O) groups excluding carboxylic acids is 1. The van der Waals surface area contributed by atoms with Crippen LogP contribution in [0, 0.1) is 0 Å². The summed E-state index contributed by atoms with van der Waals surface area (Å²) in [4.78, 5) is 20.3. The maximum Gasteiger partial charge on any atom is 0.449 e. The van der Waals surface area contributed by atoms with Crippen molar-refractivity contribution >= 4 is 16.9 Å². The first kappa shape index (κ1) is 21.1. The third kappa shape index (κ3) is 4.30. The molecule has 7 nitrogen and oxygen atoms in total. The third-order valence-corrected chi connectivity index (χ3v) is 5.90. The topological polar surface area (TPSA) is 70.8 Å². The van der Waals surface area contributed by atoms with E-state index in [9.17, 15) is 23.1 Å². The smallest absolute Gasteiger partial charge is 0.391 e. The van der Waals surface area contributed by atoms with Crippen LogP contribution in [-0.4, -0.2) is 81.9 Å². The van der Waals surface area contributed by atoms with Gasteiger partial charge in [-0.3, -0.25) is 9.69 Å². The van der Waals surface area contributed by atoms with E-state index in [-0.39, 0.29) is 17.1 Å². The molecule has 0 saturated carbocycles. The highest BCUT2D eigenvalue weighted by Crippen LogP contribution is 2.31. The van der Waals surface area contributed by atoms with E-state index in [2.05, 4.69) is 9.88 Å². The second-order valence-electron chi connectivity index (χ2n) is 7.75. The molecule has 0 unspecified atom stereocenters. The lowest BCUT2D eigenvalue weighted by molar-refractivity contribution is -0.148. The fourth-order valence-corrected chi connectivity index (χ4v) is 4.34. The molecule has 1 aromatic carbocycles. The Kier molecular flexibility index (Phi) is 5.99. The summed E-state index contributed by atoms with van der Waals surface area (Å²) in [6.45, 7) is 2.95. The van der Waals surface area contributed by atoms with E-state index in [1.807, 2.05) is 0 Å². The van der Waals surface area contributed by atoms with Gasteiger partial charge in [0.15, 0.2) is 0 Å². The van der Waals surface area contributed by atoms with E-state index in [0.29, 0.717) is 39.1 Å². The lowest BCUT2D eigenvalue weighted by atomic mass is 10.0. The van der Waals surface area contributed by atoms with Crippen LogP contribution in [-0.2, 0) is 22.3 Å². The number of aliphatic hydroxyl groups excluding tert-OH is 1. The van der Waals surface area contributed by atoms with Gasteiger partial charge in [0, 0.05) is 32.2 Å². The van der Waals surface area contributed by atoms with Crippen LogP contribution in [0.1, 0.15) is 18.7 Å². The average molecular weight is 426 g/mol. The lowest BCUT2D eigenvalue weighted by Gasteiger charge is -2.36. The maximum atomic E-state index is 13.5. The van der Waals surface area contributed by atoms with E-state index >= 15 is 0 Å². The zero-order chi connectivity index (χ0) is 21.3. The molecule has 2 fully saturated rings. The summed E-state index contributed by atoms with van der Waals surface area (Å²) in [5.74, 6) is -1.48. The molecule has 2 aliphatic heterocycles. The van der Waals surface area contributed by atoms with Gasteiger partial charge in [-0.25, -0.2) is 4.98 Å². The number of hydrogen-bond acceptors (Lipinski definition) is 5. The van der Waals surface area contributed by atoms with Crippen LogP contribution in [0.3, 0.4) is 0 Å². The molecule has 0 spiro atoms. The van der Waals surface area contributed by atoms with Gasteiger partial charge in [-0.15, -0.1) is 0 Å². The normalized spacial score (nSPS) is 24.2. The summed E-state index contributed by atoms with van der Waals surface area (Å²) in [7, 11) is 0. The number of benzene rings is 1. The highest BCUT2D eigenvalue weighted by molar-refractivity contribution is 5.81. The van der Waals surface area contributed by atoms with Gasteiger partial charge in [0.1, 0.15) is 6.54 Å². The Bertz CT molecular complexity index is 895. The molecule has 0 radical (unpaired) electrons. The SMILES string of the molecule is O=C(Cn1c(C(F)(F)F)nc2ccccc21)N1CC[C@H](O)[C@@H](N2CCOCC2)CC1. The van der Waals surface area contributed by atoms with Crippen LogP contribution >= 0.6 is 0 Å². The summed E-state index contributed by atoms with van der Waals surface area (Å²) in [5, 5.41) is 10.6. The van der Waals surface area contributed by atoms with Crippen molar-refractivity contribution in [2.75, 3.05) is 39.4 Å². The van der Waals surface area contributed by atoms with Crippen molar-refractivity contribution in [3.63, 3.8) is 0 Å². The van der Waals surface area contributed by atoms with Crippen LogP contribution in [0.5, 0.6) is 0 Å². The van der Waals surface area contributed by atoms with Crippen molar-refractivity contribution < 1.29 is 27.8 Å². The second kappa shape index (κ2) is 8.52. The Morgan fingerprint density at radius 3 is 2.57 bits per heavy atom. The minimum atomic E-state index is -4.66. The lowest BCUT2D eigenvalue weighted by Crippen LogP contribution is -2.49. The van der Waals surface area contributed by atoms with Gasteiger partial charge in [0.2, 0.25) is 11.7 Å². The predicted octanol–water partition coefficient (Wildman–Crippen LogP) is 1.74. The number of carbonyl (C=O) groups is 1. The number of imidazole rings is 1.